The number of pyridine rings is 1. The standard InChI is InChI=1S/C21H19Cl2N3O3S/c1-15-2-5-18(6-3-15)30(28,29)26(20-12-17(22)4-7-19(20)23)14-21(27)25-13-16-8-10-24-11-9-16/h2-12H,13-14H2,1H3,(H,25,27). The topological polar surface area (TPSA) is 79.4 Å². The van der Waals surface area contributed by atoms with E-state index in [0.29, 0.717) is 5.02 Å². The highest BCUT2D eigenvalue weighted by molar-refractivity contribution is 7.92. The Bertz CT molecular complexity index is 1140. The summed E-state index contributed by atoms with van der Waals surface area (Å²) in [4.78, 5) is 16.6. The van der Waals surface area contributed by atoms with Crippen LogP contribution in [0.15, 0.2) is 71.9 Å². The molecule has 2 aromatic carbocycles. The predicted octanol–water partition coefficient (Wildman–Crippen LogP) is 4.21. The van der Waals surface area contributed by atoms with Crippen LogP contribution in [0.2, 0.25) is 10.0 Å². The smallest absolute Gasteiger partial charge is 0.264 e. The highest BCUT2D eigenvalue weighted by atomic mass is 35.5. The van der Waals surface area contributed by atoms with Crippen LogP contribution < -0.4 is 9.62 Å². The normalized spacial score (nSPS) is 11.2. The first-order valence-electron chi connectivity index (χ1n) is 8.97. The van der Waals surface area contributed by atoms with E-state index in [9.17, 15) is 13.2 Å². The van der Waals surface area contributed by atoms with E-state index in [4.69, 9.17) is 23.2 Å². The van der Waals surface area contributed by atoms with Crippen molar-refractivity contribution >= 4 is 44.8 Å². The molecule has 6 nitrogen and oxygen atoms in total. The summed E-state index contributed by atoms with van der Waals surface area (Å²) in [6, 6.07) is 14.3. The predicted molar refractivity (Wildman–Crippen MR) is 118 cm³/mol. The van der Waals surface area contributed by atoms with Crippen LogP contribution in [0.3, 0.4) is 0 Å². The third kappa shape index (κ3) is 5.30. The summed E-state index contributed by atoms with van der Waals surface area (Å²) < 4.78 is 27.7. The van der Waals surface area contributed by atoms with Gasteiger partial charge in [-0.1, -0.05) is 40.9 Å². The van der Waals surface area contributed by atoms with Crippen LogP contribution in [-0.2, 0) is 21.4 Å². The van der Waals surface area contributed by atoms with Gasteiger partial charge in [-0.25, -0.2) is 8.42 Å². The number of amides is 1. The van der Waals surface area contributed by atoms with Crippen molar-refractivity contribution in [1.82, 2.24) is 10.3 Å². The first-order chi connectivity index (χ1) is 14.3. The third-order valence-electron chi connectivity index (χ3n) is 4.31. The lowest BCUT2D eigenvalue weighted by atomic mass is 10.2. The van der Waals surface area contributed by atoms with Gasteiger partial charge in [-0.2, -0.15) is 0 Å². The van der Waals surface area contributed by atoms with Crippen LogP contribution in [0, 0.1) is 6.92 Å². The number of anilines is 1. The Morgan fingerprint density at radius 1 is 1.03 bits per heavy atom. The Balaban J connectivity index is 1.92. The molecular weight excluding hydrogens is 445 g/mol. The van der Waals surface area contributed by atoms with Gasteiger partial charge in [-0.15, -0.1) is 0 Å². The molecule has 0 unspecified atom stereocenters. The number of carbonyl (C=O) groups is 1. The fourth-order valence-electron chi connectivity index (χ4n) is 2.70. The van der Waals surface area contributed by atoms with Gasteiger partial charge in [0.1, 0.15) is 6.54 Å². The molecule has 1 heterocycles. The molecule has 0 atom stereocenters. The van der Waals surface area contributed by atoms with Gasteiger partial charge >= 0.3 is 0 Å². The molecule has 0 saturated carbocycles. The summed E-state index contributed by atoms with van der Waals surface area (Å²) in [5.41, 5.74) is 1.88. The molecule has 0 radical (unpaired) electrons. The van der Waals surface area contributed by atoms with Crippen molar-refractivity contribution in [2.45, 2.75) is 18.4 Å². The second-order valence-corrected chi connectivity index (χ2v) is 9.26. The van der Waals surface area contributed by atoms with Crippen LogP contribution in [0.25, 0.3) is 0 Å². The molecule has 1 aromatic heterocycles. The number of benzene rings is 2. The third-order valence-corrected chi connectivity index (χ3v) is 6.64. The Morgan fingerprint density at radius 2 is 1.70 bits per heavy atom. The highest BCUT2D eigenvalue weighted by Crippen LogP contribution is 2.33. The van der Waals surface area contributed by atoms with Crippen molar-refractivity contribution in [3.8, 4) is 0 Å². The lowest BCUT2D eigenvalue weighted by Gasteiger charge is -2.25. The molecule has 30 heavy (non-hydrogen) atoms. The number of aryl methyl sites for hydroxylation is 1. The Kier molecular flexibility index (Phi) is 6.97. The van der Waals surface area contributed by atoms with Crippen LogP contribution >= 0.6 is 23.2 Å². The molecule has 3 rings (SSSR count). The molecule has 0 aliphatic heterocycles. The molecule has 1 amide bonds. The van der Waals surface area contributed by atoms with Gasteiger partial charge in [-0.05, 0) is 55.0 Å². The van der Waals surface area contributed by atoms with E-state index in [-0.39, 0.29) is 22.2 Å². The van der Waals surface area contributed by atoms with E-state index in [1.807, 2.05) is 6.92 Å². The van der Waals surface area contributed by atoms with Crippen molar-refractivity contribution in [3.05, 3.63) is 88.2 Å². The number of halogens is 2. The summed E-state index contributed by atoms with van der Waals surface area (Å²) in [7, 11) is -4.07. The summed E-state index contributed by atoms with van der Waals surface area (Å²) in [6.07, 6.45) is 3.22. The Labute approximate surface area is 185 Å². The monoisotopic (exact) mass is 463 g/mol. The Morgan fingerprint density at radius 3 is 2.37 bits per heavy atom. The maximum absolute atomic E-state index is 13.4. The van der Waals surface area contributed by atoms with Gasteiger partial charge in [0.05, 0.1) is 15.6 Å². The first kappa shape index (κ1) is 22.1. The maximum Gasteiger partial charge on any atom is 0.264 e. The minimum Gasteiger partial charge on any atom is -0.350 e. The second kappa shape index (κ2) is 9.47. The van der Waals surface area contributed by atoms with Gasteiger partial charge in [-0.3, -0.25) is 14.1 Å². The molecule has 0 saturated heterocycles. The fourth-order valence-corrected chi connectivity index (χ4v) is 4.57. The average Bonchev–Trinajstić information content (AvgIpc) is 2.73. The summed E-state index contributed by atoms with van der Waals surface area (Å²) in [5, 5.41) is 3.18. The average molecular weight is 464 g/mol. The summed E-state index contributed by atoms with van der Waals surface area (Å²) in [6.45, 7) is 1.64. The molecule has 0 aliphatic rings. The van der Waals surface area contributed by atoms with Crippen LogP contribution in [0.4, 0.5) is 5.69 Å². The van der Waals surface area contributed by atoms with Gasteiger partial charge < -0.3 is 5.32 Å². The van der Waals surface area contributed by atoms with Crippen molar-refractivity contribution in [2.75, 3.05) is 10.8 Å². The van der Waals surface area contributed by atoms with Gasteiger partial charge in [0.2, 0.25) is 5.91 Å². The van der Waals surface area contributed by atoms with Gasteiger partial charge in [0.15, 0.2) is 0 Å². The molecule has 0 bridgehead atoms. The lowest BCUT2D eigenvalue weighted by molar-refractivity contribution is -0.119. The number of nitrogens with one attached hydrogen (secondary N) is 1. The second-order valence-electron chi connectivity index (χ2n) is 6.55. The largest absolute Gasteiger partial charge is 0.350 e. The number of nitrogens with zero attached hydrogens (tertiary/aromatic N) is 2. The summed E-state index contributed by atoms with van der Waals surface area (Å²) in [5.74, 6) is -0.487. The summed E-state index contributed by atoms with van der Waals surface area (Å²) >= 11 is 12.3. The molecule has 156 valence electrons. The molecular formula is C21H19Cl2N3O3S. The van der Waals surface area contributed by atoms with Crippen LogP contribution in [0.1, 0.15) is 11.1 Å². The number of hydrogen-bond acceptors (Lipinski definition) is 4. The minimum atomic E-state index is -4.07. The van der Waals surface area contributed by atoms with E-state index in [2.05, 4.69) is 10.3 Å². The fraction of sp³-hybridized carbons (Fsp3) is 0.143. The first-order valence-corrected chi connectivity index (χ1v) is 11.2. The van der Waals surface area contributed by atoms with Crippen molar-refractivity contribution < 1.29 is 13.2 Å². The van der Waals surface area contributed by atoms with E-state index < -0.39 is 22.5 Å². The number of sulfonamides is 1. The van der Waals surface area contributed by atoms with E-state index >= 15 is 0 Å². The quantitative estimate of drug-likeness (QED) is 0.568. The zero-order valence-electron chi connectivity index (χ0n) is 16.0. The van der Waals surface area contributed by atoms with Crippen LogP contribution in [0.5, 0.6) is 0 Å². The molecule has 1 N–H and O–H groups in total. The van der Waals surface area contributed by atoms with Crippen molar-refractivity contribution in [3.63, 3.8) is 0 Å². The zero-order chi connectivity index (χ0) is 21.7. The molecule has 9 heteroatoms. The van der Waals surface area contributed by atoms with E-state index in [1.54, 1.807) is 42.7 Å². The molecule has 3 aromatic rings. The van der Waals surface area contributed by atoms with Crippen molar-refractivity contribution in [1.29, 1.82) is 0 Å². The SMILES string of the molecule is Cc1ccc(S(=O)(=O)N(CC(=O)NCc2ccncc2)c2cc(Cl)ccc2Cl)cc1. The lowest BCUT2D eigenvalue weighted by Crippen LogP contribution is -2.40. The van der Waals surface area contributed by atoms with Gasteiger partial charge in [0.25, 0.3) is 10.0 Å². The van der Waals surface area contributed by atoms with Crippen LogP contribution in [-0.4, -0.2) is 25.9 Å². The Hall–Kier alpha value is -2.61. The number of rotatable bonds is 7. The van der Waals surface area contributed by atoms with Crippen molar-refractivity contribution in [2.24, 2.45) is 0 Å². The van der Waals surface area contributed by atoms with E-state index in [0.717, 1.165) is 15.4 Å². The molecule has 0 fully saturated rings. The maximum atomic E-state index is 13.4. The highest BCUT2D eigenvalue weighted by Gasteiger charge is 2.29. The minimum absolute atomic E-state index is 0.0473. The number of hydrogen-bond donors (Lipinski definition) is 1. The number of carbonyl (C=O) groups excluding carboxylic acids is 1. The molecule has 0 spiro atoms. The van der Waals surface area contributed by atoms with E-state index in [1.165, 1.54) is 24.3 Å². The zero-order valence-corrected chi connectivity index (χ0v) is 18.4. The number of aromatic nitrogens is 1. The molecule has 0 aliphatic carbocycles. The van der Waals surface area contributed by atoms with Gasteiger partial charge in [0, 0.05) is 24.0 Å².